The van der Waals surface area contributed by atoms with Gasteiger partial charge in [-0.1, -0.05) is 16.8 Å². The lowest BCUT2D eigenvalue weighted by Gasteiger charge is -2.50. The summed E-state index contributed by atoms with van der Waals surface area (Å²) in [6.45, 7) is 18.4. The molecule has 1 unspecified atom stereocenters. The first-order valence-corrected chi connectivity index (χ1v) is 22.6. The lowest BCUT2D eigenvalue weighted by Crippen LogP contribution is -2.76. The van der Waals surface area contributed by atoms with Crippen LogP contribution in [0.3, 0.4) is 0 Å². The number of hydrogen-bond acceptors (Lipinski definition) is 16. The molecule has 3 aromatic rings. The Balaban J connectivity index is 1.56. The highest BCUT2D eigenvalue weighted by Gasteiger charge is 2.58. The first-order chi connectivity index (χ1) is 29.8. The number of thiazole rings is 1. The maximum atomic E-state index is 13.9. The summed E-state index contributed by atoms with van der Waals surface area (Å²) < 4.78 is 62.1. The molecule has 0 aliphatic carbocycles. The summed E-state index contributed by atoms with van der Waals surface area (Å²) >= 11 is 7.62. The number of nitrogens with one attached hydrogen (secondary N) is 3. The normalized spacial score (nSPS) is 15.9. The Kier molecular flexibility index (Phi) is 16.3. The molecular weight excluding hydrogens is 916 g/mol. The Morgan fingerprint density at radius 1 is 1.02 bits per heavy atom. The van der Waals surface area contributed by atoms with E-state index < -0.39 is 87.2 Å². The number of rotatable bonds is 17. The van der Waals surface area contributed by atoms with Crippen LogP contribution in [0.5, 0.6) is 5.75 Å². The summed E-state index contributed by atoms with van der Waals surface area (Å²) in [7, 11) is -3.23. The van der Waals surface area contributed by atoms with Gasteiger partial charge in [-0.3, -0.25) is 19.5 Å². The zero-order valence-corrected chi connectivity index (χ0v) is 40.5. The summed E-state index contributed by atoms with van der Waals surface area (Å²) in [6, 6.07) is 3.47. The number of benzene rings is 1. The van der Waals surface area contributed by atoms with E-state index in [1.165, 1.54) is 25.3 Å². The zero-order chi connectivity index (χ0) is 48.9. The Bertz CT molecular complexity index is 2400. The molecule has 22 nitrogen and oxygen atoms in total. The van der Waals surface area contributed by atoms with Gasteiger partial charge in [0.2, 0.25) is 6.20 Å². The number of carbonyl (C=O) groups excluding carboxylic acids is 5. The number of hydroxylamine groups is 2. The van der Waals surface area contributed by atoms with Gasteiger partial charge in [0.05, 0.1) is 28.9 Å². The van der Waals surface area contributed by atoms with Crippen LogP contribution in [0, 0.1) is 0 Å². The van der Waals surface area contributed by atoms with Gasteiger partial charge in [0.15, 0.2) is 17.9 Å². The van der Waals surface area contributed by atoms with Gasteiger partial charge < -0.3 is 34.4 Å². The molecule has 4 rings (SSSR count). The number of alkyl carbamates (subject to hydrolysis) is 1. The molecule has 25 heteroatoms. The number of hydrogen-bond donors (Lipinski definition) is 4. The zero-order valence-electron chi connectivity index (χ0n) is 38.1. The molecule has 1 fully saturated rings. The van der Waals surface area contributed by atoms with Crippen molar-refractivity contribution in [2.45, 2.75) is 124 Å². The smallest absolute Gasteiger partial charge is 0.418 e. The van der Waals surface area contributed by atoms with Crippen LogP contribution >= 0.6 is 22.9 Å². The summed E-state index contributed by atoms with van der Waals surface area (Å²) in [5.41, 5.74) is -3.26. The van der Waals surface area contributed by atoms with Crippen molar-refractivity contribution in [2.75, 3.05) is 18.5 Å². The third-order valence-electron chi connectivity index (χ3n) is 8.54. The van der Waals surface area contributed by atoms with Crippen LogP contribution in [0.2, 0.25) is 5.02 Å². The fourth-order valence-corrected chi connectivity index (χ4v) is 7.15. The maximum Gasteiger partial charge on any atom is 0.418 e. The van der Waals surface area contributed by atoms with Gasteiger partial charge in [-0.05, 0) is 101 Å². The summed E-state index contributed by atoms with van der Waals surface area (Å²) in [4.78, 5) is 74.7. The number of anilines is 1. The van der Waals surface area contributed by atoms with Crippen LogP contribution in [-0.2, 0) is 61.7 Å². The van der Waals surface area contributed by atoms with E-state index in [1.807, 2.05) is 28.8 Å². The number of aryl methyl sites for hydroxylation is 2. The van der Waals surface area contributed by atoms with Gasteiger partial charge >= 0.3 is 28.6 Å². The minimum absolute atomic E-state index is 0.0206. The van der Waals surface area contributed by atoms with E-state index in [2.05, 4.69) is 30.4 Å². The van der Waals surface area contributed by atoms with E-state index >= 15 is 0 Å². The van der Waals surface area contributed by atoms with E-state index in [1.54, 1.807) is 74.4 Å². The van der Waals surface area contributed by atoms with Crippen LogP contribution in [0.15, 0.2) is 41.1 Å². The second-order valence-corrected chi connectivity index (χ2v) is 20.4. The number of amides is 4. The van der Waals surface area contributed by atoms with E-state index in [9.17, 15) is 32.4 Å². The predicted octanol–water partition coefficient (Wildman–Crippen LogP) is 4.70. The fourth-order valence-electron chi connectivity index (χ4n) is 5.74. The van der Waals surface area contributed by atoms with Crippen molar-refractivity contribution in [1.29, 1.82) is 0 Å². The highest BCUT2D eigenvalue weighted by atomic mass is 35.5. The summed E-state index contributed by atoms with van der Waals surface area (Å²) in [5.74, 6) is -2.82. The molecule has 0 bridgehead atoms. The second-order valence-electron chi connectivity index (χ2n) is 18.1. The van der Waals surface area contributed by atoms with Crippen molar-refractivity contribution in [3.63, 3.8) is 0 Å². The van der Waals surface area contributed by atoms with Crippen LogP contribution in [0.25, 0.3) is 11.1 Å². The molecule has 1 aliphatic heterocycles. The number of aromatic nitrogens is 3. The maximum absolute atomic E-state index is 13.9. The lowest BCUT2D eigenvalue weighted by molar-refractivity contribution is -0.753. The Hall–Kier alpha value is -5.56. The quantitative estimate of drug-likeness (QED) is 0.0209. The molecule has 3 heterocycles. The van der Waals surface area contributed by atoms with Crippen molar-refractivity contribution in [3.8, 4) is 16.9 Å². The Morgan fingerprint density at radius 2 is 1.65 bits per heavy atom. The van der Waals surface area contributed by atoms with Gasteiger partial charge in [0.1, 0.15) is 40.9 Å². The highest BCUT2D eigenvalue weighted by Crippen LogP contribution is 2.34. The molecular formula is C40H56ClN8O14S2+. The third-order valence-corrected chi connectivity index (χ3v) is 9.94. The fraction of sp³-hybridized carbons (Fsp3) is 0.550. The van der Waals surface area contributed by atoms with Crippen LogP contribution in [0.4, 0.5) is 14.7 Å². The summed E-state index contributed by atoms with van der Waals surface area (Å²) in [5, 5.41) is 13.6. The second kappa shape index (κ2) is 20.3. The molecule has 358 valence electrons. The van der Waals surface area contributed by atoms with Crippen molar-refractivity contribution >= 4 is 74.2 Å². The summed E-state index contributed by atoms with van der Waals surface area (Å²) in [6.07, 6.45) is 1.45. The molecule has 2 aromatic heterocycles. The van der Waals surface area contributed by atoms with Crippen molar-refractivity contribution in [3.05, 3.63) is 46.7 Å². The largest absolute Gasteiger partial charge is 0.489 e. The lowest BCUT2D eigenvalue weighted by atomic mass is 9.84. The van der Waals surface area contributed by atoms with Crippen molar-refractivity contribution in [2.24, 2.45) is 12.2 Å². The van der Waals surface area contributed by atoms with E-state index in [0.29, 0.717) is 35.2 Å². The molecule has 0 spiro atoms. The molecule has 1 aliphatic rings. The molecule has 0 radical (unpaired) electrons. The van der Waals surface area contributed by atoms with E-state index in [-0.39, 0.29) is 16.6 Å². The third kappa shape index (κ3) is 15.5. The van der Waals surface area contributed by atoms with Gasteiger partial charge in [0, 0.05) is 17.5 Å². The first-order valence-electron chi connectivity index (χ1n) is 20.0. The number of nitrogens with zero attached hydrogens (tertiary/aromatic N) is 5. The van der Waals surface area contributed by atoms with Gasteiger partial charge in [-0.25, -0.2) is 19.4 Å². The topological polar surface area (TPSA) is 268 Å². The molecule has 1 aromatic carbocycles. The van der Waals surface area contributed by atoms with Crippen LogP contribution in [0.1, 0.15) is 88.3 Å². The molecule has 4 amide bonds. The van der Waals surface area contributed by atoms with Crippen LogP contribution < -0.4 is 25.4 Å². The minimum Gasteiger partial charge on any atom is -0.489 e. The number of ether oxygens (including phenoxy) is 4. The Labute approximate surface area is 385 Å². The molecule has 65 heavy (non-hydrogen) atoms. The van der Waals surface area contributed by atoms with Crippen molar-refractivity contribution in [1.82, 2.24) is 25.4 Å². The average molecular weight is 973 g/mol. The van der Waals surface area contributed by atoms with Crippen molar-refractivity contribution < 1.29 is 69.7 Å². The standard InChI is InChI=1S/C40H55ClN8O14S2/c1-37(2,3)59-33(52)28(21-58-24-14-15-25(26(41)18-24)23-19-47(12)48(20-23)17-13-16-42-35(53)60-38(4,5)6)62-46-29(27-22-64-34(43-27)45-36(54)61-39(7,8)9)31(50)44-30-32(51)49(40(30,10)11)63-65(55,56)57/h14-15,18-20,22,28,30H,13,16-17,21H2,1-12H3,(H3-,42,43,44,45,50,53,54,55,56,57)/p+1/b46-29-/t28?,30-/m1/s1. The van der Waals surface area contributed by atoms with Crippen LogP contribution in [-0.4, -0.2) is 111 Å². The van der Waals surface area contributed by atoms with Gasteiger partial charge in [-0.2, -0.15) is 18.2 Å². The molecule has 4 N–H and O–H groups in total. The number of esters is 1. The van der Waals surface area contributed by atoms with Gasteiger partial charge in [0.25, 0.3) is 17.9 Å². The van der Waals surface area contributed by atoms with E-state index in [0.717, 1.165) is 16.9 Å². The predicted molar refractivity (Wildman–Crippen MR) is 235 cm³/mol. The number of β-lactam (4-membered cyclic amide) rings is 1. The molecule has 2 atom stereocenters. The average Bonchev–Trinajstić information content (AvgIpc) is 3.75. The molecule has 1 saturated heterocycles. The first kappa shape index (κ1) is 52.1. The molecule has 0 saturated carbocycles. The van der Waals surface area contributed by atoms with Gasteiger partial charge in [-0.15, -0.1) is 20.3 Å². The highest BCUT2D eigenvalue weighted by molar-refractivity contribution is 7.80. The number of carbonyl (C=O) groups is 5. The number of oxime groups is 1. The SMILES string of the molecule is C[n+]1cc(-c2ccc(OCC(O/N=C(\C(=O)N[C@@H]3C(=O)N(OS(=O)(=O)O)C3(C)C)c3csc(NC(=O)OC(C)(C)C)n3)C(=O)OC(C)(C)C)cc2Cl)cn1CCCNC(=O)OC(C)(C)C. The Morgan fingerprint density at radius 3 is 2.23 bits per heavy atom. The van der Waals surface area contributed by atoms with E-state index in [4.69, 9.17) is 39.9 Å². The monoisotopic (exact) mass is 971 g/mol. The number of halogens is 1. The minimum atomic E-state index is -5.09.